The molecule has 1 atom stereocenters. The molecule has 88 valence electrons. The molecule has 0 spiro atoms. The molecule has 1 heterocycles. The van der Waals surface area contributed by atoms with Crippen LogP contribution in [0.25, 0.3) is 0 Å². The van der Waals surface area contributed by atoms with Gasteiger partial charge in [0.25, 0.3) is 0 Å². The van der Waals surface area contributed by atoms with Gasteiger partial charge in [0, 0.05) is 6.07 Å². The fourth-order valence-electron chi connectivity index (χ4n) is 1.59. The van der Waals surface area contributed by atoms with Crippen LogP contribution in [-0.2, 0) is 0 Å². The third-order valence-electron chi connectivity index (χ3n) is 2.39. The van der Waals surface area contributed by atoms with Crippen molar-refractivity contribution in [2.24, 2.45) is 5.73 Å². The second-order valence-electron chi connectivity index (χ2n) is 3.33. The summed E-state index contributed by atoms with van der Waals surface area (Å²) >= 11 is 0. The minimum atomic E-state index is -0.870. The number of hydrogen-bond donors (Lipinski definition) is 2. The van der Waals surface area contributed by atoms with Crippen LogP contribution in [0.3, 0.4) is 0 Å². The Morgan fingerprint density at radius 3 is 3.00 bits per heavy atom. The van der Waals surface area contributed by atoms with Gasteiger partial charge >= 0.3 is 0 Å². The third-order valence-corrected chi connectivity index (χ3v) is 2.39. The van der Waals surface area contributed by atoms with Crippen molar-refractivity contribution in [3.63, 3.8) is 0 Å². The molecule has 2 rings (SSSR count). The number of aliphatic hydroxyl groups excluding tert-OH is 1. The lowest BCUT2D eigenvalue weighted by Gasteiger charge is -2.14. The van der Waals surface area contributed by atoms with Gasteiger partial charge in [-0.25, -0.2) is 4.39 Å². The van der Waals surface area contributed by atoms with Crippen molar-refractivity contribution in [3.8, 4) is 17.2 Å². The first-order valence-corrected chi connectivity index (χ1v) is 4.71. The van der Waals surface area contributed by atoms with Crippen LogP contribution in [0.15, 0.2) is 6.07 Å². The quantitative estimate of drug-likeness (QED) is 0.792. The molecule has 16 heavy (non-hydrogen) atoms. The monoisotopic (exact) mass is 229 g/mol. The zero-order valence-corrected chi connectivity index (χ0v) is 8.70. The Kier molecular flexibility index (Phi) is 2.84. The lowest BCUT2D eigenvalue weighted by molar-refractivity contribution is 0.171. The summed E-state index contributed by atoms with van der Waals surface area (Å²) in [7, 11) is 1.34. The Balaban J connectivity index is 2.59. The van der Waals surface area contributed by atoms with Gasteiger partial charge in [-0.1, -0.05) is 0 Å². The predicted octanol–water partition coefficient (Wildman–Crippen LogP) is 0.555. The highest BCUT2D eigenvalue weighted by Gasteiger charge is 2.28. The number of hydrogen-bond acceptors (Lipinski definition) is 5. The van der Waals surface area contributed by atoms with Crippen molar-refractivity contribution in [2.45, 2.75) is 6.04 Å². The average molecular weight is 229 g/mol. The molecule has 1 aliphatic rings. The molecular formula is C10H12FNO4. The maximum atomic E-state index is 13.9. The normalized spacial score (nSPS) is 15.0. The van der Waals surface area contributed by atoms with Crippen LogP contribution in [-0.4, -0.2) is 25.6 Å². The fourth-order valence-corrected chi connectivity index (χ4v) is 1.59. The van der Waals surface area contributed by atoms with Crippen LogP contribution in [0.1, 0.15) is 11.6 Å². The molecule has 3 N–H and O–H groups in total. The van der Waals surface area contributed by atoms with Gasteiger partial charge in [0.15, 0.2) is 23.1 Å². The van der Waals surface area contributed by atoms with Gasteiger partial charge in [0.2, 0.25) is 6.79 Å². The summed E-state index contributed by atoms with van der Waals surface area (Å²) in [4.78, 5) is 0. The molecule has 1 aliphatic heterocycles. The maximum absolute atomic E-state index is 13.9. The van der Waals surface area contributed by atoms with Crippen LogP contribution in [0, 0.1) is 5.82 Å². The Hall–Kier alpha value is -1.53. The highest BCUT2D eigenvalue weighted by Crippen LogP contribution is 2.43. The van der Waals surface area contributed by atoms with E-state index in [9.17, 15) is 4.39 Å². The van der Waals surface area contributed by atoms with E-state index >= 15 is 0 Å². The summed E-state index contributed by atoms with van der Waals surface area (Å²) in [5, 5.41) is 8.98. The lowest BCUT2D eigenvalue weighted by atomic mass is 10.1. The van der Waals surface area contributed by atoms with Crippen molar-refractivity contribution < 1.29 is 23.7 Å². The number of aliphatic hydroxyl groups is 1. The molecule has 0 aromatic heterocycles. The average Bonchev–Trinajstić information content (AvgIpc) is 2.74. The molecule has 0 fully saturated rings. The first kappa shape index (κ1) is 11.0. The molecule has 1 unspecified atom stereocenters. The van der Waals surface area contributed by atoms with Crippen LogP contribution in [0.2, 0.25) is 0 Å². The van der Waals surface area contributed by atoms with E-state index < -0.39 is 11.9 Å². The van der Waals surface area contributed by atoms with Crippen molar-refractivity contribution in [1.29, 1.82) is 0 Å². The van der Waals surface area contributed by atoms with Crippen LogP contribution >= 0.6 is 0 Å². The molecule has 0 bridgehead atoms. The first-order chi connectivity index (χ1) is 7.69. The molecule has 0 radical (unpaired) electrons. The second-order valence-corrected chi connectivity index (χ2v) is 3.33. The van der Waals surface area contributed by atoms with Crippen molar-refractivity contribution in [3.05, 3.63) is 17.4 Å². The Labute approximate surface area is 91.5 Å². The minimum absolute atomic E-state index is 0.00703. The van der Waals surface area contributed by atoms with Gasteiger partial charge in [-0.3, -0.25) is 0 Å². The van der Waals surface area contributed by atoms with E-state index in [0.717, 1.165) is 0 Å². The van der Waals surface area contributed by atoms with E-state index in [1.54, 1.807) is 0 Å². The van der Waals surface area contributed by atoms with Crippen molar-refractivity contribution in [2.75, 3.05) is 20.5 Å². The number of ether oxygens (including phenoxy) is 3. The SMILES string of the molecule is COc1cc2c(c(C(N)CO)c1F)OCO2. The van der Waals surface area contributed by atoms with E-state index in [4.69, 9.17) is 25.1 Å². The highest BCUT2D eigenvalue weighted by atomic mass is 19.1. The molecule has 0 saturated heterocycles. The third kappa shape index (κ3) is 1.56. The molecule has 1 aromatic carbocycles. The molecule has 5 nitrogen and oxygen atoms in total. The van der Waals surface area contributed by atoms with E-state index in [2.05, 4.69) is 0 Å². The number of methoxy groups -OCH3 is 1. The number of benzene rings is 1. The summed E-state index contributed by atoms with van der Waals surface area (Å²) in [6, 6.07) is 0.524. The second kappa shape index (κ2) is 4.15. The van der Waals surface area contributed by atoms with E-state index in [-0.39, 0.29) is 30.5 Å². The van der Waals surface area contributed by atoms with Gasteiger partial charge in [-0.05, 0) is 0 Å². The topological polar surface area (TPSA) is 73.9 Å². The Bertz CT molecular complexity index is 410. The molecular weight excluding hydrogens is 217 g/mol. The van der Waals surface area contributed by atoms with E-state index in [0.29, 0.717) is 5.75 Å². The van der Waals surface area contributed by atoms with Crippen LogP contribution in [0.4, 0.5) is 4.39 Å². The molecule has 0 saturated carbocycles. The van der Waals surface area contributed by atoms with E-state index in [1.807, 2.05) is 0 Å². The minimum Gasteiger partial charge on any atom is -0.494 e. The predicted molar refractivity (Wildman–Crippen MR) is 53.1 cm³/mol. The Morgan fingerprint density at radius 2 is 2.38 bits per heavy atom. The number of fused-ring (bicyclic) bond motifs is 1. The number of rotatable bonds is 3. The summed E-state index contributed by atoms with van der Waals surface area (Å²) in [6.45, 7) is -0.382. The molecule has 0 amide bonds. The number of nitrogens with two attached hydrogens (primary N) is 1. The van der Waals surface area contributed by atoms with Crippen molar-refractivity contribution >= 4 is 0 Å². The molecule has 1 aromatic rings. The summed E-state index contributed by atoms with van der Waals surface area (Å²) in [5.41, 5.74) is 5.69. The standard InChI is InChI=1S/C10H12FNO4/c1-14-6-2-7-10(16-4-15-7)8(9(6)11)5(12)3-13/h2,5,13H,3-4,12H2,1H3. The summed E-state index contributed by atoms with van der Waals surface area (Å²) in [6.07, 6.45) is 0. The number of halogens is 1. The van der Waals surface area contributed by atoms with Gasteiger partial charge in [-0.15, -0.1) is 0 Å². The van der Waals surface area contributed by atoms with Crippen LogP contribution < -0.4 is 19.9 Å². The van der Waals surface area contributed by atoms with E-state index in [1.165, 1.54) is 13.2 Å². The Morgan fingerprint density at radius 1 is 1.62 bits per heavy atom. The van der Waals surface area contributed by atoms with Gasteiger partial charge in [-0.2, -0.15) is 0 Å². The van der Waals surface area contributed by atoms with Gasteiger partial charge in [0.1, 0.15) is 0 Å². The zero-order chi connectivity index (χ0) is 11.7. The summed E-state index contributed by atoms with van der Waals surface area (Å²) in [5.74, 6) is -0.00606. The fraction of sp³-hybridized carbons (Fsp3) is 0.400. The zero-order valence-electron chi connectivity index (χ0n) is 8.70. The van der Waals surface area contributed by atoms with Crippen LogP contribution in [0.5, 0.6) is 17.2 Å². The molecule has 6 heteroatoms. The summed E-state index contributed by atoms with van der Waals surface area (Å²) < 4.78 is 29.0. The molecule has 0 aliphatic carbocycles. The van der Waals surface area contributed by atoms with Gasteiger partial charge in [0.05, 0.1) is 25.3 Å². The largest absolute Gasteiger partial charge is 0.494 e. The first-order valence-electron chi connectivity index (χ1n) is 4.71. The van der Waals surface area contributed by atoms with Crippen molar-refractivity contribution in [1.82, 2.24) is 0 Å². The maximum Gasteiger partial charge on any atom is 0.231 e. The van der Waals surface area contributed by atoms with Gasteiger partial charge < -0.3 is 25.1 Å². The lowest BCUT2D eigenvalue weighted by Crippen LogP contribution is -2.17. The smallest absolute Gasteiger partial charge is 0.231 e. The highest BCUT2D eigenvalue weighted by molar-refractivity contribution is 5.55.